The zero-order valence-electron chi connectivity index (χ0n) is 15.6. The van der Waals surface area contributed by atoms with Crippen molar-refractivity contribution >= 4 is 15.9 Å². The lowest BCUT2D eigenvalue weighted by Gasteiger charge is -2.16. The SMILES string of the molecule is COc1ccc(C(C)NC(=O)CCc2ccc(S(N)(=O)=O)cc2)cc1OC. The van der Waals surface area contributed by atoms with Crippen LogP contribution in [0.1, 0.15) is 30.5 Å². The molecule has 7 nitrogen and oxygen atoms in total. The number of sulfonamides is 1. The van der Waals surface area contributed by atoms with E-state index in [9.17, 15) is 13.2 Å². The highest BCUT2D eigenvalue weighted by Gasteiger charge is 2.13. The Hall–Kier alpha value is -2.58. The van der Waals surface area contributed by atoms with Gasteiger partial charge in [0.25, 0.3) is 0 Å². The number of amides is 1. The molecule has 2 rings (SSSR count). The first-order valence-corrected chi connectivity index (χ1v) is 9.92. The van der Waals surface area contributed by atoms with Crippen molar-refractivity contribution in [2.45, 2.75) is 30.7 Å². The first-order chi connectivity index (χ1) is 12.7. The fourth-order valence-corrected chi connectivity index (χ4v) is 3.14. The second-order valence-corrected chi connectivity index (χ2v) is 7.65. The van der Waals surface area contributed by atoms with Crippen LogP contribution in [0.25, 0.3) is 0 Å². The van der Waals surface area contributed by atoms with Crippen LogP contribution in [0.4, 0.5) is 0 Å². The molecule has 0 saturated carbocycles. The molecular weight excluding hydrogens is 368 g/mol. The van der Waals surface area contributed by atoms with Crippen LogP contribution in [-0.2, 0) is 21.2 Å². The van der Waals surface area contributed by atoms with E-state index in [1.165, 1.54) is 12.1 Å². The summed E-state index contributed by atoms with van der Waals surface area (Å²) in [6, 6.07) is 11.5. The molecule has 0 aliphatic heterocycles. The van der Waals surface area contributed by atoms with Crippen molar-refractivity contribution in [2.75, 3.05) is 14.2 Å². The highest BCUT2D eigenvalue weighted by atomic mass is 32.2. The maximum absolute atomic E-state index is 12.2. The first kappa shape index (κ1) is 20.7. The van der Waals surface area contributed by atoms with Crippen LogP contribution < -0.4 is 19.9 Å². The largest absolute Gasteiger partial charge is 0.493 e. The molecule has 1 atom stereocenters. The molecule has 1 amide bonds. The maximum Gasteiger partial charge on any atom is 0.238 e. The van der Waals surface area contributed by atoms with Gasteiger partial charge in [0.15, 0.2) is 11.5 Å². The number of aryl methyl sites for hydroxylation is 1. The maximum atomic E-state index is 12.2. The van der Waals surface area contributed by atoms with Gasteiger partial charge in [0.05, 0.1) is 25.2 Å². The van der Waals surface area contributed by atoms with Crippen LogP contribution in [0, 0.1) is 0 Å². The van der Waals surface area contributed by atoms with Gasteiger partial charge >= 0.3 is 0 Å². The Balaban J connectivity index is 1.93. The summed E-state index contributed by atoms with van der Waals surface area (Å²) in [6.45, 7) is 1.89. The Labute approximate surface area is 159 Å². The van der Waals surface area contributed by atoms with E-state index in [2.05, 4.69) is 5.32 Å². The molecule has 3 N–H and O–H groups in total. The number of primary sulfonamides is 1. The highest BCUT2D eigenvalue weighted by Crippen LogP contribution is 2.29. The normalized spacial score (nSPS) is 12.3. The van der Waals surface area contributed by atoms with E-state index in [0.717, 1.165) is 11.1 Å². The van der Waals surface area contributed by atoms with Crippen molar-refractivity contribution in [1.29, 1.82) is 0 Å². The van der Waals surface area contributed by atoms with E-state index in [1.807, 2.05) is 19.1 Å². The number of hydrogen-bond acceptors (Lipinski definition) is 5. The third-order valence-corrected chi connectivity index (χ3v) is 5.11. The quantitative estimate of drug-likeness (QED) is 0.716. The molecule has 0 aliphatic carbocycles. The van der Waals surface area contributed by atoms with Gasteiger partial charge in [-0.15, -0.1) is 0 Å². The molecule has 2 aromatic carbocycles. The van der Waals surface area contributed by atoms with Gasteiger partial charge in [-0.1, -0.05) is 18.2 Å². The average molecular weight is 392 g/mol. The molecule has 0 heterocycles. The summed E-state index contributed by atoms with van der Waals surface area (Å²) < 4.78 is 33.0. The number of carbonyl (C=O) groups is 1. The van der Waals surface area contributed by atoms with E-state index in [0.29, 0.717) is 17.9 Å². The predicted molar refractivity (Wildman–Crippen MR) is 102 cm³/mol. The molecule has 0 fully saturated rings. The van der Waals surface area contributed by atoms with Crippen LogP contribution in [0.5, 0.6) is 11.5 Å². The Kier molecular flexibility index (Phi) is 6.81. The molecule has 8 heteroatoms. The monoisotopic (exact) mass is 392 g/mol. The second-order valence-electron chi connectivity index (χ2n) is 6.09. The summed E-state index contributed by atoms with van der Waals surface area (Å²) in [4.78, 5) is 12.3. The summed E-state index contributed by atoms with van der Waals surface area (Å²) in [5.41, 5.74) is 1.76. The van der Waals surface area contributed by atoms with Gasteiger partial charge in [0, 0.05) is 6.42 Å². The Bertz CT molecular complexity index is 895. The first-order valence-electron chi connectivity index (χ1n) is 8.37. The third-order valence-electron chi connectivity index (χ3n) is 4.18. The standard InChI is InChI=1S/C19H24N2O5S/c1-13(15-7-10-17(25-2)18(12-15)26-3)21-19(22)11-6-14-4-8-16(9-5-14)27(20,23)24/h4-5,7-10,12-13H,6,11H2,1-3H3,(H,21,22)(H2,20,23,24). The molecule has 2 aromatic rings. The molecule has 0 bridgehead atoms. The van der Waals surface area contributed by atoms with Gasteiger partial charge in [-0.25, -0.2) is 13.6 Å². The van der Waals surface area contributed by atoms with Gasteiger partial charge in [0.1, 0.15) is 0 Å². The van der Waals surface area contributed by atoms with Gasteiger partial charge in [-0.2, -0.15) is 0 Å². The summed E-state index contributed by atoms with van der Waals surface area (Å²) in [7, 11) is -0.577. The van der Waals surface area contributed by atoms with Crippen LogP contribution in [0.3, 0.4) is 0 Å². The summed E-state index contributed by atoms with van der Waals surface area (Å²) >= 11 is 0. The number of methoxy groups -OCH3 is 2. The second kappa shape index (κ2) is 8.88. The van der Waals surface area contributed by atoms with E-state index in [1.54, 1.807) is 32.4 Å². The summed E-state index contributed by atoms with van der Waals surface area (Å²) in [5, 5.41) is 8.01. The smallest absolute Gasteiger partial charge is 0.238 e. The summed E-state index contributed by atoms with van der Waals surface area (Å²) in [5.74, 6) is 1.13. The minimum Gasteiger partial charge on any atom is -0.493 e. The van der Waals surface area contributed by atoms with E-state index >= 15 is 0 Å². The lowest BCUT2D eigenvalue weighted by atomic mass is 10.1. The molecule has 0 aromatic heterocycles. The topological polar surface area (TPSA) is 108 Å². The van der Waals surface area contributed by atoms with Crippen molar-refractivity contribution in [3.05, 3.63) is 53.6 Å². The molecule has 27 heavy (non-hydrogen) atoms. The fourth-order valence-electron chi connectivity index (χ4n) is 2.62. The molecule has 1 unspecified atom stereocenters. The fraction of sp³-hybridized carbons (Fsp3) is 0.316. The third kappa shape index (κ3) is 5.70. The van der Waals surface area contributed by atoms with Crippen molar-refractivity contribution in [2.24, 2.45) is 5.14 Å². The van der Waals surface area contributed by atoms with Crippen LogP contribution in [-0.4, -0.2) is 28.5 Å². The lowest BCUT2D eigenvalue weighted by Crippen LogP contribution is -2.26. The Morgan fingerprint density at radius 1 is 1.07 bits per heavy atom. The molecular formula is C19H24N2O5S. The van der Waals surface area contributed by atoms with E-state index in [4.69, 9.17) is 14.6 Å². The van der Waals surface area contributed by atoms with Crippen molar-refractivity contribution in [1.82, 2.24) is 5.32 Å². The number of hydrogen-bond donors (Lipinski definition) is 2. The minimum atomic E-state index is -3.71. The van der Waals surface area contributed by atoms with Gasteiger partial charge < -0.3 is 14.8 Å². The van der Waals surface area contributed by atoms with Crippen molar-refractivity contribution in [3.63, 3.8) is 0 Å². The predicted octanol–water partition coefficient (Wildman–Crippen LogP) is 2.16. The minimum absolute atomic E-state index is 0.0535. The number of nitrogens with one attached hydrogen (secondary N) is 1. The molecule has 0 aliphatic rings. The number of benzene rings is 2. The molecule has 0 saturated heterocycles. The van der Waals surface area contributed by atoms with Gasteiger partial charge in [0.2, 0.25) is 15.9 Å². The van der Waals surface area contributed by atoms with Crippen LogP contribution >= 0.6 is 0 Å². The average Bonchev–Trinajstić information content (AvgIpc) is 2.65. The molecule has 0 radical (unpaired) electrons. The zero-order valence-corrected chi connectivity index (χ0v) is 16.4. The highest BCUT2D eigenvalue weighted by molar-refractivity contribution is 7.89. The number of nitrogens with two attached hydrogens (primary N) is 1. The number of rotatable bonds is 8. The van der Waals surface area contributed by atoms with E-state index in [-0.39, 0.29) is 23.3 Å². The number of ether oxygens (including phenoxy) is 2. The lowest BCUT2D eigenvalue weighted by molar-refractivity contribution is -0.121. The Morgan fingerprint density at radius 2 is 1.70 bits per heavy atom. The number of carbonyl (C=O) groups excluding carboxylic acids is 1. The summed E-state index contributed by atoms with van der Waals surface area (Å²) in [6.07, 6.45) is 0.780. The zero-order chi connectivity index (χ0) is 20.0. The van der Waals surface area contributed by atoms with Gasteiger partial charge in [-0.05, 0) is 48.7 Å². The van der Waals surface area contributed by atoms with Gasteiger partial charge in [-0.3, -0.25) is 4.79 Å². The van der Waals surface area contributed by atoms with E-state index < -0.39 is 10.0 Å². The van der Waals surface area contributed by atoms with Crippen LogP contribution in [0.2, 0.25) is 0 Å². The Morgan fingerprint density at radius 3 is 2.26 bits per heavy atom. The molecule has 146 valence electrons. The van der Waals surface area contributed by atoms with Crippen LogP contribution in [0.15, 0.2) is 47.4 Å². The van der Waals surface area contributed by atoms with Crippen molar-refractivity contribution in [3.8, 4) is 11.5 Å². The van der Waals surface area contributed by atoms with Crippen molar-refractivity contribution < 1.29 is 22.7 Å². The molecule has 0 spiro atoms.